The molecule has 1 aromatic heterocycles. The Morgan fingerprint density at radius 1 is 1.26 bits per heavy atom. The zero-order valence-electron chi connectivity index (χ0n) is 11.9. The molecular formula is C14H11F3N4O2. The maximum atomic E-state index is 12.3. The topological polar surface area (TPSA) is 67.3 Å². The molecule has 0 radical (unpaired) electrons. The van der Waals surface area contributed by atoms with Gasteiger partial charge in [-0.1, -0.05) is 0 Å². The van der Waals surface area contributed by atoms with Crippen LogP contribution in [0.5, 0.6) is 5.75 Å². The largest absolute Gasteiger partial charge is 0.573 e. The lowest BCUT2D eigenvalue weighted by molar-refractivity contribution is -0.274. The molecule has 1 N–H and O–H groups in total. The number of carbonyl (C=O) groups excluding carboxylic acids is 1. The molecular weight excluding hydrogens is 313 g/mol. The van der Waals surface area contributed by atoms with E-state index in [0.717, 1.165) is 12.1 Å². The molecule has 1 aliphatic heterocycles. The number of nitrogens with one attached hydrogen (secondary N) is 1. The number of fused-ring (bicyclic) bond motifs is 1. The van der Waals surface area contributed by atoms with E-state index in [1.807, 2.05) is 0 Å². The van der Waals surface area contributed by atoms with Gasteiger partial charge in [0.1, 0.15) is 5.75 Å². The highest BCUT2D eigenvalue weighted by Gasteiger charge is 2.32. The van der Waals surface area contributed by atoms with Crippen molar-refractivity contribution in [2.24, 2.45) is 0 Å². The minimum atomic E-state index is -4.75. The quantitative estimate of drug-likeness (QED) is 0.940. The van der Waals surface area contributed by atoms with Gasteiger partial charge in [-0.3, -0.25) is 4.79 Å². The number of anilines is 2. The molecule has 0 atom stereocenters. The van der Waals surface area contributed by atoms with Gasteiger partial charge in [-0.05, 0) is 24.3 Å². The van der Waals surface area contributed by atoms with Crippen molar-refractivity contribution in [2.75, 3.05) is 17.3 Å². The molecule has 1 aromatic carbocycles. The third-order valence-electron chi connectivity index (χ3n) is 3.26. The van der Waals surface area contributed by atoms with Crippen LogP contribution in [0, 0.1) is 0 Å². The second-order valence-corrected chi connectivity index (χ2v) is 4.74. The van der Waals surface area contributed by atoms with Gasteiger partial charge in [-0.15, -0.1) is 13.2 Å². The van der Waals surface area contributed by atoms with Crippen LogP contribution in [-0.4, -0.2) is 29.3 Å². The Morgan fingerprint density at radius 3 is 2.57 bits per heavy atom. The van der Waals surface area contributed by atoms with Crippen LogP contribution < -0.4 is 15.0 Å². The van der Waals surface area contributed by atoms with Gasteiger partial charge in [0.25, 0.3) is 5.91 Å². The van der Waals surface area contributed by atoms with Crippen molar-refractivity contribution in [3.05, 3.63) is 41.7 Å². The highest BCUT2D eigenvalue weighted by atomic mass is 19.4. The van der Waals surface area contributed by atoms with E-state index in [-0.39, 0.29) is 18.2 Å². The average Bonchev–Trinajstić information content (AvgIpc) is 2.83. The van der Waals surface area contributed by atoms with Gasteiger partial charge in [-0.2, -0.15) is 0 Å². The number of hydrogen-bond donors (Lipinski definition) is 1. The summed E-state index contributed by atoms with van der Waals surface area (Å²) >= 11 is 0. The third-order valence-corrected chi connectivity index (χ3v) is 3.26. The van der Waals surface area contributed by atoms with E-state index in [0.29, 0.717) is 22.9 Å². The molecule has 0 unspecified atom stereocenters. The monoisotopic (exact) mass is 324 g/mol. The highest BCUT2D eigenvalue weighted by Crippen LogP contribution is 2.30. The van der Waals surface area contributed by atoms with Gasteiger partial charge in [0.2, 0.25) is 5.95 Å². The number of carbonyl (C=O) groups is 1. The first-order valence-electron chi connectivity index (χ1n) is 6.59. The molecule has 1 amide bonds. The van der Waals surface area contributed by atoms with Gasteiger partial charge < -0.3 is 15.0 Å². The first kappa shape index (κ1) is 15.1. The van der Waals surface area contributed by atoms with Gasteiger partial charge >= 0.3 is 6.36 Å². The molecule has 0 aliphatic carbocycles. The van der Waals surface area contributed by atoms with Crippen molar-refractivity contribution < 1.29 is 22.7 Å². The minimum Gasteiger partial charge on any atom is -0.406 e. The Labute approximate surface area is 128 Å². The Hall–Kier alpha value is -2.84. The number of amides is 1. The Morgan fingerprint density at radius 2 is 1.96 bits per heavy atom. The summed E-state index contributed by atoms with van der Waals surface area (Å²) in [6.07, 6.45) is -3.32. The molecule has 0 saturated carbocycles. The lowest BCUT2D eigenvalue weighted by Gasteiger charge is -2.16. The van der Waals surface area contributed by atoms with E-state index >= 15 is 0 Å². The van der Waals surface area contributed by atoms with Crippen LogP contribution in [0.3, 0.4) is 0 Å². The first-order valence-corrected chi connectivity index (χ1v) is 6.59. The van der Waals surface area contributed by atoms with E-state index in [1.165, 1.54) is 23.2 Å². The Kier molecular flexibility index (Phi) is 3.55. The Balaban J connectivity index is 1.82. The fourth-order valence-corrected chi connectivity index (χ4v) is 2.24. The van der Waals surface area contributed by atoms with E-state index in [9.17, 15) is 18.0 Å². The molecule has 23 heavy (non-hydrogen) atoms. The van der Waals surface area contributed by atoms with Crippen LogP contribution in [-0.2, 0) is 6.54 Å². The Bertz CT molecular complexity index is 747. The van der Waals surface area contributed by atoms with E-state index < -0.39 is 6.36 Å². The van der Waals surface area contributed by atoms with E-state index in [2.05, 4.69) is 20.0 Å². The molecule has 0 fully saturated rings. The zero-order valence-corrected chi connectivity index (χ0v) is 11.9. The number of hydrogen-bond acceptors (Lipinski definition) is 5. The van der Waals surface area contributed by atoms with E-state index in [1.54, 1.807) is 7.05 Å². The molecule has 0 saturated heterocycles. The van der Waals surface area contributed by atoms with Crippen molar-refractivity contribution >= 4 is 17.5 Å². The lowest BCUT2D eigenvalue weighted by atomic mass is 10.2. The number of benzene rings is 1. The van der Waals surface area contributed by atoms with Crippen LogP contribution in [0.15, 0.2) is 30.5 Å². The van der Waals surface area contributed by atoms with E-state index in [4.69, 9.17) is 0 Å². The maximum absolute atomic E-state index is 12.3. The molecule has 2 aromatic rings. The number of aromatic nitrogens is 2. The lowest BCUT2D eigenvalue weighted by Crippen LogP contribution is -2.23. The molecule has 0 spiro atoms. The molecule has 0 bridgehead atoms. The van der Waals surface area contributed by atoms with Crippen LogP contribution >= 0.6 is 0 Å². The third kappa shape index (κ3) is 3.03. The van der Waals surface area contributed by atoms with Crippen LogP contribution in [0.1, 0.15) is 16.1 Å². The summed E-state index contributed by atoms with van der Waals surface area (Å²) in [5, 5.41) is 2.78. The molecule has 9 heteroatoms. The first-order chi connectivity index (χ1) is 10.9. The van der Waals surface area contributed by atoms with Crippen molar-refractivity contribution in [1.82, 2.24) is 9.97 Å². The summed E-state index contributed by atoms with van der Waals surface area (Å²) in [6.45, 7) is 0.227. The average molecular weight is 324 g/mol. The van der Waals surface area contributed by atoms with Crippen LogP contribution in [0.4, 0.5) is 24.8 Å². The molecule has 120 valence electrons. The van der Waals surface area contributed by atoms with Crippen molar-refractivity contribution in [1.29, 1.82) is 0 Å². The normalized spacial score (nSPS) is 13.9. The molecule has 2 heterocycles. The van der Waals surface area contributed by atoms with Gasteiger partial charge in [0.05, 0.1) is 17.8 Å². The summed E-state index contributed by atoms with van der Waals surface area (Å²) in [5.74, 6) is -0.248. The van der Waals surface area contributed by atoms with Gasteiger partial charge in [0, 0.05) is 18.9 Å². The summed E-state index contributed by atoms with van der Waals surface area (Å²) in [7, 11) is 1.66. The zero-order chi connectivity index (χ0) is 16.6. The standard InChI is InChI=1S/C14H11F3N4O2/c1-18-13-19-6-10-11(20-13)7-21(12(10)22)8-2-4-9(5-3-8)23-14(15,16)17/h2-6H,7H2,1H3,(H,18,19,20). The van der Waals surface area contributed by atoms with Crippen molar-refractivity contribution in [3.63, 3.8) is 0 Å². The second-order valence-electron chi connectivity index (χ2n) is 4.74. The summed E-state index contributed by atoms with van der Waals surface area (Å²) in [5.41, 5.74) is 1.39. The van der Waals surface area contributed by atoms with Gasteiger partial charge in [-0.25, -0.2) is 9.97 Å². The summed E-state index contributed by atoms with van der Waals surface area (Å²) in [4.78, 5) is 21.9. The highest BCUT2D eigenvalue weighted by molar-refractivity contribution is 6.09. The molecule has 6 nitrogen and oxygen atoms in total. The minimum absolute atomic E-state index is 0.227. The van der Waals surface area contributed by atoms with Crippen LogP contribution in [0.25, 0.3) is 0 Å². The summed E-state index contributed by atoms with van der Waals surface area (Å²) in [6, 6.07) is 5.09. The SMILES string of the molecule is CNc1ncc2c(n1)CN(c1ccc(OC(F)(F)F)cc1)C2=O. The molecule has 1 aliphatic rings. The number of alkyl halides is 3. The van der Waals surface area contributed by atoms with Crippen molar-refractivity contribution in [2.45, 2.75) is 12.9 Å². The smallest absolute Gasteiger partial charge is 0.406 e. The predicted octanol–water partition coefficient (Wildman–Crippen LogP) is 2.58. The van der Waals surface area contributed by atoms with Crippen molar-refractivity contribution in [3.8, 4) is 5.75 Å². The number of halogens is 3. The number of rotatable bonds is 3. The number of ether oxygens (including phenoxy) is 1. The molecule has 3 rings (SSSR count). The second kappa shape index (κ2) is 5.41. The van der Waals surface area contributed by atoms with Gasteiger partial charge in [0.15, 0.2) is 0 Å². The fourth-order valence-electron chi connectivity index (χ4n) is 2.24. The fraction of sp³-hybridized carbons (Fsp3) is 0.214. The van der Waals surface area contributed by atoms with Crippen LogP contribution in [0.2, 0.25) is 0 Å². The maximum Gasteiger partial charge on any atom is 0.573 e. The number of nitrogens with zero attached hydrogens (tertiary/aromatic N) is 3. The summed E-state index contributed by atoms with van der Waals surface area (Å²) < 4.78 is 40.2. The predicted molar refractivity (Wildman–Crippen MR) is 75.2 cm³/mol.